The average molecular weight is 136 g/mol. The molecule has 0 radical (unpaired) electrons. The molecule has 10 heavy (non-hydrogen) atoms. The quantitative estimate of drug-likeness (QED) is 0.569. The van der Waals surface area contributed by atoms with Crippen LogP contribution in [0.25, 0.3) is 0 Å². The minimum atomic E-state index is 0.558. The number of rotatable bonds is 2. The fourth-order valence-electron chi connectivity index (χ4n) is 1.08. The van der Waals surface area contributed by atoms with E-state index in [4.69, 9.17) is 0 Å². The lowest BCUT2D eigenvalue weighted by Crippen LogP contribution is -1.97. The van der Waals surface area contributed by atoms with Crippen LogP contribution in [0.15, 0.2) is 12.4 Å². The van der Waals surface area contributed by atoms with E-state index in [2.05, 4.69) is 4.98 Å². The first-order valence-corrected chi connectivity index (χ1v) is 3.40. The molecule has 1 heterocycles. The molecule has 1 aromatic rings. The van der Waals surface area contributed by atoms with Gasteiger partial charge in [-0.1, -0.05) is 0 Å². The van der Waals surface area contributed by atoms with Crippen molar-refractivity contribution in [2.75, 3.05) is 0 Å². The van der Waals surface area contributed by atoms with E-state index >= 15 is 0 Å². The zero-order valence-corrected chi connectivity index (χ0v) is 5.53. The molecule has 0 amide bonds. The smallest absolute Gasteiger partial charge is 0.185 e. The second-order valence-corrected chi connectivity index (χ2v) is 2.54. The molecule has 52 valence electrons. The van der Waals surface area contributed by atoms with Crippen LogP contribution in [0.4, 0.5) is 0 Å². The van der Waals surface area contributed by atoms with E-state index in [1.54, 1.807) is 6.20 Å². The van der Waals surface area contributed by atoms with Crippen molar-refractivity contribution in [1.82, 2.24) is 9.55 Å². The first kappa shape index (κ1) is 5.65. The molecule has 1 aromatic heterocycles. The van der Waals surface area contributed by atoms with Crippen molar-refractivity contribution in [3.8, 4) is 0 Å². The van der Waals surface area contributed by atoms with Gasteiger partial charge in [0.25, 0.3) is 0 Å². The zero-order chi connectivity index (χ0) is 6.97. The predicted molar refractivity (Wildman–Crippen MR) is 35.9 cm³/mol. The highest BCUT2D eigenvalue weighted by Gasteiger charge is 2.24. The molecule has 0 bridgehead atoms. The molecule has 0 unspecified atom stereocenters. The van der Waals surface area contributed by atoms with Gasteiger partial charge in [-0.15, -0.1) is 0 Å². The molecular weight excluding hydrogens is 128 g/mol. The Morgan fingerprint density at radius 3 is 3.10 bits per heavy atom. The van der Waals surface area contributed by atoms with Crippen LogP contribution in [-0.2, 0) is 0 Å². The number of carbonyl (C=O) groups excluding carboxylic acids is 1. The maximum Gasteiger partial charge on any atom is 0.185 e. The van der Waals surface area contributed by atoms with Gasteiger partial charge in [0, 0.05) is 18.4 Å². The normalized spacial score (nSPS) is 17.2. The second kappa shape index (κ2) is 1.94. The highest BCUT2D eigenvalue weighted by Crippen LogP contribution is 2.35. The molecule has 2 rings (SSSR count). The van der Waals surface area contributed by atoms with Crippen LogP contribution in [0.3, 0.4) is 0 Å². The highest BCUT2D eigenvalue weighted by molar-refractivity contribution is 5.69. The third kappa shape index (κ3) is 0.744. The van der Waals surface area contributed by atoms with Gasteiger partial charge < -0.3 is 4.57 Å². The number of hydrogen-bond acceptors (Lipinski definition) is 2. The standard InChI is InChI=1S/C7H8N2O/c10-5-7-8-3-4-9(7)6-1-2-6/h3-6H,1-2H2. The van der Waals surface area contributed by atoms with Gasteiger partial charge in [-0.2, -0.15) is 0 Å². The Hall–Kier alpha value is -1.12. The number of aromatic nitrogens is 2. The Morgan fingerprint density at radius 2 is 2.50 bits per heavy atom. The summed E-state index contributed by atoms with van der Waals surface area (Å²) < 4.78 is 1.94. The summed E-state index contributed by atoms with van der Waals surface area (Å²) in [6, 6.07) is 0.558. The summed E-state index contributed by atoms with van der Waals surface area (Å²) >= 11 is 0. The number of hydrogen-bond donors (Lipinski definition) is 0. The Morgan fingerprint density at radius 1 is 1.70 bits per heavy atom. The fraction of sp³-hybridized carbons (Fsp3) is 0.429. The monoisotopic (exact) mass is 136 g/mol. The molecule has 0 atom stereocenters. The van der Waals surface area contributed by atoms with Crippen molar-refractivity contribution in [2.45, 2.75) is 18.9 Å². The van der Waals surface area contributed by atoms with Gasteiger partial charge in [0.15, 0.2) is 12.1 Å². The van der Waals surface area contributed by atoms with E-state index in [0.717, 1.165) is 6.29 Å². The molecule has 0 saturated heterocycles. The van der Waals surface area contributed by atoms with E-state index in [-0.39, 0.29) is 0 Å². The van der Waals surface area contributed by atoms with Crippen molar-refractivity contribution in [1.29, 1.82) is 0 Å². The highest BCUT2D eigenvalue weighted by atomic mass is 16.1. The summed E-state index contributed by atoms with van der Waals surface area (Å²) in [7, 11) is 0. The van der Waals surface area contributed by atoms with Gasteiger partial charge >= 0.3 is 0 Å². The number of aldehydes is 1. The first-order valence-electron chi connectivity index (χ1n) is 3.40. The molecule has 0 aliphatic heterocycles. The minimum absolute atomic E-state index is 0.558. The molecule has 1 fully saturated rings. The van der Waals surface area contributed by atoms with Crippen LogP contribution >= 0.6 is 0 Å². The summed E-state index contributed by atoms with van der Waals surface area (Å²) in [6.45, 7) is 0. The molecule has 1 aliphatic rings. The van der Waals surface area contributed by atoms with Gasteiger partial charge in [-0.25, -0.2) is 4.98 Å². The van der Waals surface area contributed by atoms with Gasteiger partial charge in [-0.05, 0) is 12.8 Å². The first-order chi connectivity index (χ1) is 4.92. The van der Waals surface area contributed by atoms with E-state index < -0.39 is 0 Å². The Kier molecular flexibility index (Phi) is 1.09. The number of carbonyl (C=O) groups is 1. The summed E-state index contributed by atoms with van der Waals surface area (Å²) in [5, 5.41) is 0. The van der Waals surface area contributed by atoms with Crippen LogP contribution in [0.1, 0.15) is 29.5 Å². The van der Waals surface area contributed by atoms with Crippen LogP contribution in [0, 0.1) is 0 Å². The van der Waals surface area contributed by atoms with Crippen LogP contribution < -0.4 is 0 Å². The molecule has 3 heteroatoms. The van der Waals surface area contributed by atoms with Crippen molar-refractivity contribution in [3.63, 3.8) is 0 Å². The van der Waals surface area contributed by atoms with Gasteiger partial charge in [0.05, 0.1) is 0 Å². The molecule has 3 nitrogen and oxygen atoms in total. The summed E-state index contributed by atoms with van der Waals surface area (Å²) in [4.78, 5) is 14.2. The number of imidazole rings is 1. The van der Waals surface area contributed by atoms with Gasteiger partial charge in [-0.3, -0.25) is 4.79 Å². The van der Waals surface area contributed by atoms with E-state index in [1.807, 2.05) is 10.8 Å². The lowest BCUT2D eigenvalue weighted by molar-refractivity contribution is 0.111. The van der Waals surface area contributed by atoms with Crippen LogP contribution in [0.5, 0.6) is 0 Å². The maximum absolute atomic E-state index is 10.3. The van der Waals surface area contributed by atoms with E-state index in [0.29, 0.717) is 11.9 Å². The zero-order valence-electron chi connectivity index (χ0n) is 5.53. The van der Waals surface area contributed by atoms with Crippen molar-refractivity contribution < 1.29 is 4.79 Å². The predicted octanol–water partition coefficient (Wildman–Crippen LogP) is 1.03. The van der Waals surface area contributed by atoms with Crippen LogP contribution in [-0.4, -0.2) is 15.8 Å². The van der Waals surface area contributed by atoms with Crippen LogP contribution in [0.2, 0.25) is 0 Å². The second-order valence-electron chi connectivity index (χ2n) is 2.54. The summed E-state index contributed by atoms with van der Waals surface area (Å²) in [5.74, 6) is 0.558. The summed E-state index contributed by atoms with van der Waals surface area (Å²) in [5.41, 5.74) is 0. The Labute approximate surface area is 58.7 Å². The number of nitrogens with zero attached hydrogens (tertiary/aromatic N) is 2. The van der Waals surface area contributed by atoms with Crippen molar-refractivity contribution in [3.05, 3.63) is 18.2 Å². The summed E-state index contributed by atoms with van der Waals surface area (Å²) in [6.07, 6.45) is 6.72. The SMILES string of the molecule is O=Cc1nccn1C1CC1. The molecule has 0 aromatic carbocycles. The Bertz CT molecular complexity index is 250. The van der Waals surface area contributed by atoms with Crippen molar-refractivity contribution >= 4 is 6.29 Å². The van der Waals surface area contributed by atoms with Gasteiger partial charge in [0.1, 0.15) is 0 Å². The third-order valence-corrected chi connectivity index (χ3v) is 1.74. The molecule has 1 saturated carbocycles. The lowest BCUT2D eigenvalue weighted by atomic mass is 10.6. The molecular formula is C7H8N2O. The molecule has 0 spiro atoms. The minimum Gasteiger partial charge on any atom is -0.326 e. The lowest BCUT2D eigenvalue weighted by Gasteiger charge is -1.97. The molecule has 0 N–H and O–H groups in total. The van der Waals surface area contributed by atoms with E-state index in [9.17, 15) is 4.79 Å². The van der Waals surface area contributed by atoms with Crippen molar-refractivity contribution in [2.24, 2.45) is 0 Å². The average Bonchev–Trinajstić information content (AvgIpc) is 2.69. The topological polar surface area (TPSA) is 34.9 Å². The largest absolute Gasteiger partial charge is 0.326 e. The maximum atomic E-state index is 10.3. The van der Waals surface area contributed by atoms with E-state index in [1.165, 1.54) is 12.8 Å². The fourth-order valence-corrected chi connectivity index (χ4v) is 1.08. The van der Waals surface area contributed by atoms with Gasteiger partial charge in [0.2, 0.25) is 0 Å². The Balaban J connectivity index is 2.37. The molecule has 1 aliphatic carbocycles. The third-order valence-electron chi connectivity index (χ3n) is 1.74.